The molecule has 0 aromatic heterocycles. The first-order valence-electron chi connectivity index (χ1n) is 14.3. The predicted octanol–water partition coefficient (Wildman–Crippen LogP) is 7.02. The van der Waals surface area contributed by atoms with E-state index in [1.54, 1.807) is 0 Å². The van der Waals surface area contributed by atoms with Crippen molar-refractivity contribution in [2.45, 2.75) is 103 Å². The Labute approximate surface area is 226 Å². The highest BCUT2D eigenvalue weighted by molar-refractivity contribution is 5.43. The molecule has 4 nitrogen and oxygen atoms in total. The summed E-state index contributed by atoms with van der Waals surface area (Å²) in [5.74, 6) is 0.925. The maximum atomic E-state index is 11.0. The molecular weight excluding hydrogens is 458 g/mol. The van der Waals surface area contributed by atoms with Gasteiger partial charge >= 0.3 is 0 Å². The van der Waals surface area contributed by atoms with E-state index in [4.69, 9.17) is 9.47 Å². The Balaban J connectivity index is 1.54. The van der Waals surface area contributed by atoms with Crippen LogP contribution < -0.4 is 4.74 Å². The fourth-order valence-electron chi connectivity index (χ4n) is 5.72. The van der Waals surface area contributed by atoms with Crippen LogP contribution in [0.1, 0.15) is 90.3 Å². The minimum absolute atomic E-state index is 0.00606. The standard InChI is InChI=1S/C33H52NO3/c1-32(2,3)27-18-19-31(30(22-27)33(4,5)6)37-21-20-36-25-29(35)24-34(7,28-16-12-9-13-17-28)23-26-14-10-8-11-15-26/h8,10-11,14-15,18-19,22,28-29,35H,9,12-13,16-17,20-21,23-25H2,1-7H3/q+1/t29-,34?/m1/s1. The number of hydrogen-bond donors (Lipinski definition) is 1. The van der Waals surface area contributed by atoms with Crippen LogP contribution in [-0.2, 0) is 22.1 Å². The summed E-state index contributed by atoms with van der Waals surface area (Å²) < 4.78 is 13.0. The molecular formula is C33H52NO3+. The third-order valence-electron chi connectivity index (χ3n) is 7.92. The topological polar surface area (TPSA) is 38.7 Å². The molecule has 0 saturated heterocycles. The van der Waals surface area contributed by atoms with Crippen LogP contribution in [-0.4, -0.2) is 55.1 Å². The van der Waals surface area contributed by atoms with E-state index in [9.17, 15) is 5.11 Å². The van der Waals surface area contributed by atoms with Crippen molar-refractivity contribution in [2.24, 2.45) is 0 Å². The number of aliphatic hydroxyl groups is 1. The summed E-state index contributed by atoms with van der Waals surface area (Å²) in [7, 11) is 2.32. The number of benzene rings is 2. The number of ether oxygens (including phenoxy) is 2. The van der Waals surface area contributed by atoms with Gasteiger partial charge in [-0.3, -0.25) is 0 Å². The third kappa shape index (κ3) is 8.84. The normalized spacial score (nSPS) is 17.8. The maximum Gasteiger partial charge on any atom is 0.126 e. The molecule has 1 fully saturated rings. The quantitative estimate of drug-likeness (QED) is 0.261. The molecule has 0 spiro atoms. The Morgan fingerprint density at radius 2 is 1.57 bits per heavy atom. The molecule has 1 unspecified atom stereocenters. The molecule has 2 aromatic rings. The fourth-order valence-corrected chi connectivity index (χ4v) is 5.72. The second-order valence-corrected chi connectivity index (χ2v) is 13.4. The Bertz CT molecular complexity index is 954. The van der Waals surface area contributed by atoms with Gasteiger partial charge in [-0.1, -0.05) is 90.4 Å². The lowest BCUT2D eigenvalue weighted by Crippen LogP contribution is -2.56. The molecule has 0 bridgehead atoms. The molecule has 4 heteroatoms. The van der Waals surface area contributed by atoms with Gasteiger partial charge in [0.1, 0.15) is 31.5 Å². The van der Waals surface area contributed by atoms with E-state index in [-0.39, 0.29) is 10.8 Å². The van der Waals surface area contributed by atoms with Crippen molar-refractivity contribution in [1.29, 1.82) is 0 Å². The average molecular weight is 511 g/mol. The van der Waals surface area contributed by atoms with Crippen LogP contribution in [0, 0.1) is 0 Å². The molecule has 0 radical (unpaired) electrons. The molecule has 1 aliphatic rings. The van der Waals surface area contributed by atoms with Crippen molar-refractivity contribution >= 4 is 0 Å². The molecule has 206 valence electrons. The van der Waals surface area contributed by atoms with Crippen LogP contribution in [0.15, 0.2) is 48.5 Å². The number of nitrogens with zero attached hydrogens (tertiary/aromatic N) is 1. The van der Waals surface area contributed by atoms with Gasteiger partial charge in [0, 0.05) is 5.56 Å². The summed E-state index contributed by atoms with van der Waals surface area (Å²) in [6, 6.07) is 17.9. The second kappa shape index (κ2) is 12.8. The van der Waals surface area contributed by atoms with Gasteiger partial charge in [0.25, 0.3) is 0 Å². The average Bonchev–Trinajstić information content (AvgIpc) is 2.83. The van der Waals surface area contributed by atoms with Crippen LogP contribution in [0.3, 0.4) is 0 Å². The number of hydrogen-bond acceptors (Lipinski definition) is 3. The molecule has 1 N–H and O–H groups in total. The Hall–Kier alpha value is -1.88. The van der Waals surface area contributed by atoms with Gasteiger partial charge in [0.05, 0.1) is 26.3 Å². The summed E-state index contributed by atoms with van der Waals surface area (Å²) in [6.45, 7) is 16.4. The van der Waals surface area contributed by atoms with Crippen LogP contribution in [0.25, 0.3) is 0 Å². The number of quaternary nitrogens is 1. The number of aliphatic hydroxyl groups excluding tert-OH is 1. The van der Waals surface area contributed by atoms with Crippen molar-refractivity contribution in [1.82, 2.24) is 0 Å². The van der Waals surface area contributed by atoms with Crippen LogP contribution in [0.2, 0.25) is 0 Å². The molecule has 2 aromatic carbocycles. The van der Waals surface area contributed by atoms with Gasteiger partial charge < -0.3 is 19.1 Å². The van der Waals surface area contributed by atoms with E-state index in [2.05, 4.69) is 97.1 Å². The molecule has 0 aliphatic heterocycles. The predicted molar refractivity (Wildman–Crippen MR) is 154 cm³/mol. The van der Waals surface area contributed by atoms with Crippen molar-refractivity contribution in [3.63, 3.8) is 0 Å². The first-order chi connectivity index (χ1) is 17.4. The van der Waals surface area contributed by atoms with Gasteiger partial charge in [-0.25, -0.2) is 0 Å². The zero-order valence-electron chi connectivity index (χ0n) is 24.6. The maximum absolute atomic E-state index is 11.0. The van der Waals surface area contributed by atoms with E-state index in [1.807, 2.05) is 0 Å². The lowest BCUT2D eigenvalue weighted by molar-refractivity contribution is -0.950. The van der Waals surface area contributed by atoms with Gasteiger partial charge in [-0.2, -0.15) is 0 Å². The monoisotopic (exact) mass is 510 g/mol. The minimum Gasteiger partial charge on any atom is -0.491 e. The Kier molecular flexibility index (Phi) is 10.2. The highest BCUT2D eigenvalue weighted by Gasteiger charge is 2.36. The van der Waals surface area contributed by atoms with Gasteiger partial charge in [-0.15, -0.1) is 0 Å². The van der Waals surface area contributed by atoms with E-state index >= 15 is 0 Å². The summed E-state index contributed by atoms with van der Waals surface area (Å²) in [6.07, 6.45) is 5.93. The first-order valence-corrected chi connectivity index (χ1v) is 14.3. The van der Waals surface area contributed by atoms with E-state index in [0.717, 1.165) is 16.8 Å². The van der Waals surface area contributed by atoms with E-state index in [1.165, 1.54) is 48.8 Å². The Morgan fingerprint density at radius 3 is 2.19 bits per heavy atom. The summed E-state index contributed by atoms with van der Waals surface area (Å²) in [5, 5.41) is 11.0. The highest BCUT2D eigenvalue weighted by Crippen LogP contribution is 2.35. The fraction of sp³-hybridized carbons (Fsp3) is 0.636. The van der Waals surface area contributed by atoms with Crippen LogP contribution in [0.4, 0.5) is 0 Å². The smallest absolute Gasteiger partial charge is 0.126 e. The molecule has 3 rings (SSSR count). The molecule has 37 heavy (non-hydrogen) atoms. The zero-order valence-corrected chi connectivity index (χ0v) is 24.6. The van der Waals surface area contributed by atoms with Crippen molar-refractivity contribution < 1.29 is 19.1 Å². The van der Waals surface area contributed by atoms with Crippen molar-refractivity contribution in [3.05, 3.63) is 65.2 Å². The molecule has 1 aliphatic carbocycles. The zero-order chi connectivity index (χ0) is 27.1. The van der Waals surface area contributed by atoms with Gasteiger partial charge in [-0.05, 0) is 53.7 Å². The largest absolute Gasteiger partial charge is 0.491 e. The molecule has 0 amide bonds. The Morgan fingerprint density at radius 1 is 0.892 bits per heavy atom. The molecule has 1 saturated carbocycles. The minimum atomic E-state index is -0.494. The van der Waals surface area contributed by atoms with E-state index in [0.29, 0.717) is 32.4 Å². The second-order valence-electron chi connectivity index (χ2n) is 13.4. The highest BCUT2D eigenvalue weighted by atomic mass is 16.5. The number of likely N-dealkylation sites (N-methyl/N-ethyl adjacent to an activating group) is 1. The number of rotatable bonds is 11. The molecule has 0 heterocycles. The molecule has 2 atom stereocenters. The summed E-state index contributed by atoms with van der Waals surface area (Å²) >= 11 is 0. The third-order valence-corrected chi connectivity index (χ3v) is 7.92. The summed E-state index contributed by atoms with van der Waals surface area (Å²) in [5.41, 5.74) is 3.97. The van der Waals surface area contributed by atoms with E-state index < -0.39 is 6.10 Å². The lowest BCUT2D eigenvalue weighted by Gasteiger charge is -2.44. The van der Waals surface area contributed by atoms with Gasteiger partial charge in [0.15, 0.2) is 0 Å². The summed E-state index contributed by atoms with van der Waals surface area (Å²) in [4.78, 5) is 0. The van der Waals surface area contributed by atoms with Crippen LogP contribution >= 0.6 is 0 Å². The van der Waals surface area contributed by atoms with Crippen molar-refractivity contribution in [3.8, 4) is 5.75 Å². The van der Waals surface area contributed by atoms with Crippen molar-refractivity contribution in [2.75, 3.05) is 33.4 Å². The SMILES string of the molecule is CC(C)(C)c1ccc(OCCOC[C@H](O)C[N+](C)(Cc2ccccc2)C2CCCCC2)c(C(C)(C)C)c1. The lowest BCUT2D eigenvalue weighted by atomic mass is 9.80. The van der Waals surface area contributed by atoms with Crippen LogP contribution in [0.5, 0.6) is 5.75 Å². The van der Waals surface area contributed by atoms with Gasteiger partial charge in [0.2, 0.25) is 0 Å². The first kappa shape index (κ1) is 29.7.